The van der Waals surface area contributed by atoms with Gasteiger partial charge >= 0.3 is 5.97 Å². The van der Waals surface area contributed by atoms with Gasteiger partial charge < -0.3 is 4.74 Å². The number of benzene rings is 1. The summed E-state index contributed by atoms with van der Waals surface area (Å²) in [6.45, 7) is 2.77. The zero-order valence-electron chi connectivity index (χ0n) is 10.8. The van der Waals surface area contributed by atoms with Crippen LogP contribution in [0.3, 0.4) is 0 Å². The normalized spacial score (nSPS) is 12.8. The fourth-order valence-corrected chi connectivity index (χ4v) is 2.59. The predicted octanol–water partition coefficient (Wildman–Crippen LogP) is 0.729. The number of hydrogen-bond acceptors (Lipinski definition) is 5. The molecule has 0 saturated carbocycles. The maximum absolute atomic E-state index is 11.9. The van der Waals surface area contributed by atoms with Crippen LogP contribution in [0.4, 0.5) is 0 Å². The SMILES string of the molecule is COC(=O)C(C)NS(=O)(=O)c1ccc(C(C)=O)cc1. The number of hydrogen-bond donors (Lipinski definition) is 1. The van der Waals surface area contributed by atoms with E-state index < -0.39 is 22.0 Å². The van der Waals surface area contributed by atoms with Crippen LogP contribution in [0.25, 0.3) is 0 Å². The maximum Gasteiger partial charge on any atom is 0.323 e. The van der Waals surface area contributed by atoms with E-state index in [1.807, 2.05) is 0 Å². The molecule has 6 nitrogen and oxygen atoms in total. The number of carbonyl (C=O) groups is 2. The van der Waals surface area contributed by atoms with Gasteiger partial charge in [-0.3, -0.25) is 9.59 Å². The van der Waals surface area contributed by atoms with Crippen LogP contribution in [0, 0.1) is 0 Å². The summed E-state index contributed by atoms with van der Waals surface area (Å²) in [6, 6.07) is 4.47. The van der Waals surface area contributed by atoms with Crippen LogP contribution in [-0.2, 0) is 19.6 Å². The highest BCUT2D eigenvalue weighted by atomic mass is 32.2. The lowest BCUT2D eigenvalue weighted by Crippen LogP contribution is -2.39. The van der Waals surface area contributed by atoms with Crippen LogP contribution in [0.1, 0.15) is 24.2 Å². The van der Waals surface area contributed by atoms with Crippen LogP contribution in [0.5, 0.6) is 0 Å². The van der Waals surface area contributed by atoms with Gasteiger partial charge in [-0.1, -0.05) is 12.1 Å². The van der Waals surface area contributed by atoms with E-state index in [0.717, 1.165) is 0 Å². The lowest BCUT2D eigenvalue weighted by atomic mass is 10.2. The van der Waals surface area contributed by atoms with Crippen molar-refractivity contribution < 1.29 is 22.7 Å². The molecule has 1 unspecified atom stereocenters. The zero-order valence-corrected chi connectivity index (χ0v) is 11.7. The number of ether oxygens (including phenoxy) is 1. The number of methoxy groups -OCH3 is 1. The van der Waals surface area contributed by atoms with Gasteiger partial charge in [-0.05, 0) is 26.0 Å². The molecule has 104 valence electrons. The van der Waals surface area contributed by atoms with Gasteiger partial charge in [0.1, 0.15) is 6.04 Å². The molecular weight excluding hydrogens is 270 g/mol. The monoisotopic (exact) mass is 285 g/mol. The molecule has 0 aliphatic carbocycles. The van der Waals surface area contributed by atoms with Gasteiger partial charge in [0.05, 0.1) is 12.0 Å². The molecule has 0 amide bonds. The first-order valence-corrected chi connectivity index (χ1v) is 6.97. The quantitative estimate of drug-likeness (QED) is 0.636. The Bertz CT molecular complexity index is 577. The van der Waals surface area contributed by atoms with Gasteiger partial charge in [0.2, 0.25) is 10.0 Å². The number of carbonyl (C=O) groups excluding carboxylic acids is 2. The number of ketones is 1. The van der Waals surface area contributed by atoms with Crippen LogP contribution in [0.15, 0.2) is 29.2 Å². The van der Waals surface area contributed by atoms with Crippen molar-refractivity contribution in [1.29, 1.82) is 0 Å². The third-order valence-corrected chi connectivity index (χ3v) is 4.01. The standard InChI is InChI=1S/C12H15NO5S/c1-8(12(15)18-3)13-19(16,17)11-6-4-10(5-7-11)9(2)14/h4-8,13H,1-3H3. The summed E-state index contributed by atoms with van der Waals surface area (Å²) in [5, 5.41) is 0. The van der Waals surface area contributed by atoms with Crippen molar-refractivity contribution in [1.82, 2.24) is 4.72 Å². The number of Topliss-reactive ketones (excluding diaryl/α,β-unsaturated/α-hetero) is 1. The van der Waals surface area contributed by atoms with Gasteiger partial charge in [-0.15, -0.1) is 0 Å². The molecule has 1 rings (SSSR count). The topological polar surface area (TPSA) is 89.5 Å². The molecule has 19 heavy (non-hydrogen) atoms. The third-order valence-electron chi connectivity index (χ3n) is 2.46. The summed E-state index contributed by atoms with van der Waals surface area (Å²) in [4.78, 5) is 22.2. The summed E-state index contributed by atoms with van der Waals surface area (Å²) >= 11 is 0. The van der Waals surface area contributed by atoms with E-state index in [1.165, 1.54) is 45.2 Å². The van der Waals surface area contributed by atoms with Crippen molar-refractivity contribution in [2.24, 2.45) is 0 Å². The lowest BCUT2D eigenvalue weighted by molar-refractivity contribution is -0.142. The molecule has 0 bridgehead atoms. The Labute approximate surface area is 111 Å². The van der Waals surface area contributed by atoms with Crippen LogP contribution in [0.2, 0.25) is 0 Å². The first-order chi connectivity index (χ1) is 8.77. The molecule has 1 aromatic rings. The molecule has 0 aliphatic rings. The molecule has 0 aliphatic heterocycles. The average Bonchev–Trinajstić information content (AvgIpc) is 2.37. The highest BCUT2D eigenvalue weighted by molar-refractivity contribution is 7.89. The minimum absolute atomic E-state index is 0.0201. The smallest absolute Gasteiger partial charge is 0.323 e. The summed E-state index contributed by atoms with van der Waals surface area (Å²) in [7, 11) is -2.64. The fraction of sp³-hybridized carbons (Fsp3) is 0.333. The third kappa shape index (κ3) is 3.87. The van der Waals surface area contributed by atoms with E-state index in [2.05, 4.69) is 9.46 Å². The summed E-state index contributed by atoms with van der Waals surface area (Å²) in [5.74, 6) is -0.830. The number of sulfonamides is 1. The van der Waals surface area contributed by atoms with E-state index in [1.54, 1.807) is 0 Å². The molecule has 0 saturated heterocycles. The average molecular weight is 285 g/mol. The zero-order chi connectivity index (χ0) is 14.6. The Morgan fingerprint density at radius 3 is 2.16 bits per heavy atom. The molecule has 1 atom stereocenters. The van der Waals surface area contributed by atoms with Crippen molar-refractivity contribution in [3.63, 3.8) is 0 Å². The molecule has 1 aromatic carbocycles. The minimum Gasteiger partial charge on any atom is -0.468 e. The Hall–Kier alpha value is -1.73. The highest BCUT2D eigenvalue weighted by Gasteiger charge is 2.22. The molecule has 0 heterocycles. The second kappa shape index (κ2) is 5.94. The van der Waals surface area contributed by atoms with Gasteiger partial charge in [0.15, 0.2) is 5.78 Å². The first kappa shape index (κ1) is 15.3. The van der Waals surface area contributed by atoms with Gasteiger partial charge in [0, 0.05) is 5.56 Å². The minimum atomic E-state index is -3.82. The van der Waals surface area contributed by atoms with E-state index in [0.29, 0.717) is 5.56 Å². The maximum atomic E-state index is 11.9. The summed E-state index contributed by atoms with van der Waals surface area (Å²) in [6.07, 6.45) is 0. The van der Waals surface area contributed by atoms with Crippen LogP contribution < -0.4 is 4.72 Å². The number of esters is 1. The first-order valence-electron chi connectivity index (χ1n) is 5.49. The van der Waals surface area contributed by atoms with Gasteiger partial charge in [-0.25, -0.2) is 8.42 Å². The number of nitrogens with one attached hydrogen (secondary N) is 1. The molecular formula is C12H15NO5S. The van der Waals surface area contributed by atoms with Crippen molar-refractivity contribution in [3.05, 3.63) is 29.8 Å². The Morgan fingerprint density at radius 2 is 1.74 bits per heavy atom. The second-order valence-corrected chi connectivity index (χ2v) is 5.66. The Balaban J connectivity index is 2.94. The van der Waals surface area contributed by atoms with Crippen LogP contribution in [-0.4, -0.2) is 33.3 Å². The molecule has 1 N–H and O–H groups in total. The molecule has 0 aromatic heterocycles. The van der Waals surface area contributed by atoms with Crippen molar-refractivity contribution in [3.8, 4) is 0 Å². The Morgan fingerprint density at radius 1 is 1.21 bits per heavy atom. The second-order valence-electron chi connectivity index (χ2n) is 3.95. The lowest BCUT2D eigenvalue weighted by Gasteiger charge is -2.12. The summed E-state index contributed by atoms with van der Waals surface area (Å²) in [5.41, 5.74) is 0.417. The molecule has 0 fully saturated rings. The van der Waals surface area contributed by atoms with E-state index in [9.17, 15) is 18.0 Å². The van der Waals surface area contributed by atoms with Gasteiger partial charge in [0.25, 0.3) is 0 Å². The molecule has 0 radical (unpaired) electrons. The fourth-order valence-electron chi connectivity index (χ4n) is 1.39. The van der Waals surface area contributed by atoms with E-state index in [-0.39, 0.29) is 10.7 Å². The van der Waals surface area contributed by atoms with Gasteiger partial charge in [-0.2, -0.15) is 4.72 Å². The largest absolute Gasteiger partial charge is 0.468 e. The molecule has 0 spiro atoms. The van der Waals surface area contributed by atoms with E-state index in [4.69, 9.17) is 0 Å². The predicted molar refractivity (Wildman–Crippen MR) is 68.2 cm³/mol. The van der Waals surface area contributed by atoms with Crippen LogP contribution >= 0.6 is 0 Å². The molecule has 7 heteroatoms. The van der Waals surface area contributed by atoms with Crippen molar-refractivity contribution in [2.45, 2.75) is 24.8 Å². The number of rotatable bonds is 5. The van der Waals surface area contributed by atoms with Crippen molar-refractivity contribution >= 4 is 21.8 Å². The Kier molecular flexibility index (Phi) is 4.79. The highest BCUT2D eigenvalue weighted by Crippen LogP contribution is 2.11. The summed E-state index contributed by atoms with van der Waals surface area (Å²) < 4.78 is 30.5. The van der Waals surface area contributed by atoms with E-state index >= 15 is 0 Å². The van der Waals surface area contributed by atoms with Crippen molar-refractivity contribution in [2.75, 3.05) is 7.11 Å².